The second-order valence-electron chi connectivity index (χ2n) is 10.3. The third-order valence-corrected chi connectivity index (χ3v) is 9.73. The zero-order valence-corrected chi connectivity index (χ0v) is 28.4. The fourth-order valence-electron chi connectivity index (χ4n) is 4.58. The van der Waals surface area contributed by atoms with E-state index in [-0.39, 0.29) is 29.8 Å². The van der Waals surface area contributed by atoms with Crippen molar-refractivity contribution < 1.29 is 18.0 Å². The molecular formula is C33H33BrIN3O4S. The number of sulfonamides is 1. The molecule has 4 aromatic carbocycles. The summed E-state index contributed by atoms with van der Waals surface area (Å²) in [6.45, 7) is 3.35. The number of hydrogen-bond donors (Lipinski definition) is 1. The Bertz CT molecular complexity index is 1620. The van der Waals surface area contributed by atoms with E-state index < -0.39 is 28.5 Å². The molecular weight excluding hydrogens is 741 g/mol. The van der Waals surface area contributed by atoms with Crippen molar-refractivity contribution in [3.05, 3.63) is 128 Å². The summed E-state index contributed by atoms with van der Waals surface area (Å²) in [6.07, 6.45) is 0.261. The van der Waals surface area contributed by atoms with Gasteiger partial charge in [0.15, 0.2) is 0 Å². The van der Waals surface area contributed by atoms with Gasteiger partial charge in [0.1, 0.15) is 12.6 Å². The Kier molecular flexibility index (Phi) is 11.4. The highest BCUT2D eigenvalue weighted by Crippen LogP contribution is 2.26. The van der Waals surface area contributed by atoms with Crippen LogP contribution in [0.5, 0.6) is 0 Å². The fourth-order valence-corrected chi connectivity index (χ4v) is 6.64. The van der Waals surface area contributed by atoms with E-state index in [0.717, 1.165) is 23.5 Å². The van der Waals surface area contributed by atoms with E-state index in [1.54, 1.807) is 42.5 Å². The third-order valence-electron chi connectivity index (χ3n) is 6.69. The minimum atomic E-state index is -4.12. The van der Waals surface area contributed by atoms with E-state index in [0.29, 0.717) is 5.69 Å². The van der Waals surface area contributed by atoms with Crippen molar-refractivity contribution in [2.45, 2.75) is 43.8 Å². The Morgan fingerprint density at radius 1 is 0.814 bits per heavy atom. The van der Waals surface area contributed by atoms with E-state index in [4.69, 9.17) is 0 Å². The average molecular weight is 775 g/mol. The number of benzene rings is 4. The summed E-state index contributed by atoms with van der Waals surface area (Å²) in [5.41, 5.74) is 2.04. The minimum Gasteiger partial charge on any atom is -0.352 e. The minimum absolute atomic E-state index is 0.0687. The lowest BCUT2D eigenvalue weighted by Gasteiger charge is -2.34. The molecule has 0 heterocycles. The van der Waals surface area contributed by atoms with Gasteiger partial charge in [0.05, 0.1) is 10.6 Å². The van der Waals surface area contributed by atoms with Crippen molar-refractivity contribution in [2.75, 3.05) is 10.8 Å². The van der Waals surface area contributed by atoms with Gasteiger partial charge in [-0.25, -0.2) is 8.42 Å². The van der Waals surface area contributed by atoms with Crippen LogP contribution in [-0.2, 0) is 32.6 Å². The summed E-state index contributed by atoms with van der Waals surface area (Å²) in [4.78, 5) is 29.7. The number of nitrogens with one attached hydrogen (secondary N) is 1. The van der Waals surface area contributed by atoms with E-state index in [9.17, 15) is 18.0 Å². The van der Waals surface area contributed by atoms with Gasteiger partial charge in [-0.1, -0.05) is 76.6 Å². The Balaban J connectivity index is 1.79. The van der Waals surface area contributed by atoms with Crippen LogP contribution in [-0.4, -0.2) is 43.8 Å². The Labute approximate surface area is 275 Å². The summed E-state index contributed by atoms with van der Waals surface area (Å²) in [5.74, 6) is -0.808. The predicted octanol–water partition coefficient (Wildman–Crippen LogP) is 6.41. The number of carbonyl (C=O) groups is 2. The van der Waals surface area contributed by atoms with Crippen molar-refractivity contribution in [3.63, 3.8) is 0 Å². The molecule has 224 valence electrons. The van der Waals surface area contributed by atoms with Crippen molar-refractivity contribution in [1.29, 1.82) is 0 Å². The van der Waals surface area contributed by atoms with Crippen LogP contribution in [0.15, 0.2) is 119 Å². The van der Waals surface area contributed by atoms with Gasteiger partial charge in [0.25, 0.3) is 10.0 Å². The summed E-state index contributed by atoms with van der Waals surface area (Å²) < 4.78 is 30.9. The predicted molar refractivity (Wildman–Crippen MR) is 182 cm³/mol. The topological polar surface area (TPSA) is 86.8 Å². The molecule has 0 saturated carbocycles. The summed E-state index contributed by atoms with van der Waals surface area (Å²) in [7, 11) is -4.12. The molecule has 0 aliphatic rings. The monoisotopic (exact) mass is 773 g/mol. The maximum atomic E-state index is 14.4. The normalized spacial score (nSPS) is 12.0. The summed E-state index contributed by atoms with van der Waals surface area (Å²) in [5, 5.41) is 2.97. The molecule has 7 nitrogen and oxygen atoms in total. The number of anilines is 1. The van der Waals surface area contributed by atoms with Crippen molar-refractivity contribution >= 4 is 66.0 Å². The van der Waals surface area contributed by atoms with Crippen LogP contribution >= 0.6 is 38.5 Å². The second-order valence-corrected chi connectivity index (χ2v) is 14.3. The molecule has 10 heteroatoms. The van der Waals surface area contributed by atoms with E-state index in [2.05, 4.69) is 43.8 Å². The fraction of sp³-hybridized carbons (Fsp3) is 0.212. The van der Waals surface area contributed by atoms with E-state index >= 15 is 0 Å². The molecule has 1 N–H and O–H groups in total. The van der Waals surface area contributed by atoms with Crippen LogP contribution in [0.25, 0.3) is 0 Å². The smallest absolute Gasteiger partial charge is 0.264 e. The lowest BCUT2D eigenvalue weighted by molar-refractivity contribution is -0.140. The second kappa shape index (κ2) is 15.0. The first-order chi connectivity index (χ1) is 20.5. The van der Waals surface area contributed by atoms with Crippen LogP contribution in [0.3, 0.4) is 0 Å². The number of nitrogens with zero attached hydrogens (tertiary/aromatic N) is 2. The highest BCUT2D eigenvalue weighted by atomic mass is 127. The first kappa shape index (κ1) is 32.7. The number of carbonyl (C=O) groups excluding carboxylic acids is 2. The molecule has 0 aromatic heterocycles. The van der Waals surface area contributed by atoms with Gasteiger partial charge in [-0.3, -0.25) is 13.9 Å². The quantitative estimate of drug-likeness (QED) is 0.169. The Morgan fingerprint density at radius 2 is 1.40 bits per heavy atom. The van der Waals surface area contributed by atoms with Gasteiger partial charge in [0.2, 0.25) is 11.8 Å². The first-order valence-corrected chi connectivity index (χ1v) is 17.1. The molecule has 2 amide bonds. The number of hydrogen-bond acceptors (Lipinski definition) is 4. The molecule has 0 aliphatic carbocycles. The standard InChI is InChI=1S/C33H33BrIN3O4S/c1-24(2)36-33(40)31(21-25-9-5-3-6-10-25)37(22-26-13-15-27(34)16-14-26)32(39)23-38(29-19-17-28(35)18-20-29)43(41,42)30-11-7-4-8-12-30/h3-20,24,31H,21-23H2,1-2H3,(H,36,40). The average Bonchev–Trinajstić information content (AvgIpc) is 2.99. The van der Waals surface area contributed by atoms with Crippen LogP contribution < -0.4 is 9.62 Å². The SMILES string of the molecule is CC(C)NC(=O)C(Cc1ccccc1)N(Cc1ccc(Br)cc1)C(=O)CN(c1ccc(I)cc1)S(=O)(=O)c1ccccc1. The molecule has 0 radical (unpaired) electrons. The molecule has 4 rings (SSSR count). The van der Waals surface area contributed by atoms with Gasteiger partial charge in [-0.2, -0.15) is 0 Å². The summed E-state index contributed by atoms with van der Waals surface area (Å²) >= 11 is 5.60. The van der Waals surface area contributed by atoms with Crippen molar-refractivity contribution in [3.8, 4) is 0 Å². The largest absolute Gasteiger partial charge is 0.352 e. The molecule has 0 aliphatic heterocycles. The van der Waals surface area contributed by atoms with Crippen molar-refractivity contribution in [2.24, 2.45) is 0 Å². The van der Waals surface area contributed by atoms with Crippen LogP contribution in [0.2, 0.25) is 0 Å². The van der Waals surface area contributed by atoms with Gasteiger partial charge in [-0.15, -0.1) is 0 Å². The zero-order valence-electron chi connectivity index (χ0n) is 23.9. The van der Waals surface area contributed by atoms with Gasteiger partial charge in [-0.05, 0) is 96.1 Å². The molecule has 0 spiro atoms. The number of amides is 2. The zero-order chi connectivity index (χ0) is 31.0. The maximum Gasteiger partial charge on any atom is 0.264 e. The Hall–Kier alpha value is -3.22. The van der Waals surface area contributed by atoms with Crippen molar-refractivity contribution in [1.82, 2.24) is 10.2 Å². The molecule has 0 saturated heterocycles. The van der Waals surface area contributed by atoms with E-state index in [1.165, 1.54) is 17.0 Å². The van der Waals surface area contributed by atoms with E-state index in [1.807, 2.05) is 68.4 Å². The molecule has 1 unspecified atom stereocenters. The van der Waals surface area contributed by atoms with Crippen LogP contribution in [0.1, 0.15) is 25.0 Å². The molecule has 0 bridgehead atoms. The van der Waals surface area contributed by atoms with Crippen LogP contribution in [0, 0.1) is 3.57 Å². The Morgan fingerprint density at radius 3 is 1.98 bits per heavy atom. The summed E-state index contributed by atoms with van der Waals surface area (Å²) in [6, 6.07) is 30.9. The lowest BCUT2D eigenvalue weighted by Crippen LogP contribution is -2.54. The number of halogens is 2. The highest BCUT2D eigenvalue weighted by Gasteiger charge is 2.34. The molecule has 0 fully saturated rings. The number of rotatable bonds is 12. The molecule has 4 aromatic rings. The first-order valence-electron chi connectivity index (χ1n) is 13.8. The third kappa shape index (κ3) is 8.90. The van der Waals surface area contributed by atoms with Gasteiger partial charge in [0, 0.05) is 27.1 Å². The van der Waals surface area contributed by atoms with Crippen LogP contribution in [0.4, 0.5) is 5.69 Å². The maximum absolute atomic E-state index is 14.4. The highest BCUT2D eigenvalue weighted by molar-refractivity contribution is 14.1. The lowest BCUT2D eigenvalue weighted by atomic mass is 10.0. The molecule has 43 heavy (non-hydrogen) atoms. The van der Waals surface area contributed by atoms with Gasteiger partial charge < -0.3 is 10.2 Å². The molecule has 1 atom stereocenters. The van der Waals surface area contributed by atoms with Gasteiger partial charge >= 0.3 is 0 Å².